The summed E-state index contributed by atoms with van der Waals surface area (Å²) in [5, 5.41) is 11.1. The number of carbonyl (C=O) groups is 1. The average Bonchev–Trinajstić information content (AvgIpc) is 2.74. The van der Waals surface area contributed by atoms with Gasteiger partial charge in [-0.2, -0.15) is 0 Å². The maximum atomic E-state index is 12.6. The van der Waals surface area contributed by atoms with E-state index in [2.05, 4.69) is 20.4 Å². The fourth-order valence-corrected chi connectivity index (χ4v) is 7.84. The van der Waals surface area contributed by atoms with Crippen LogP contribution in [0.4, 0.5) is 0 Å². The third-order valence-electron chi connectivity index (χ3n) is 8.87. The summed E-state index contributed by atoms with van der Waals surface area (Å²) in [6.07, 6.45) is 8.43. The lowest BCUT2D eigenvalue weighted by Crippen LogP contribution is -2.60. The van der Waals surface area contributed by atoms with Crippen molar-refractivity contribution in [1.29, 1.82) is 0 Å². The quantitative estimate of drug-likeness (QED) is 0.581. The van der Waals surface area contributed by atoms with Crippen LogP contribution in [0.2, 0.25) is 0 Å². The van der Waals surface area contributed by atoms with Gasteiger partial charge in [0.25, 0.3) is 0 Å². The molecular weight excluding hydrogens is 300 g/mol. The Balaban J connectivity index is 1.76. The van der Waals surface area contributed by atoms with Gasteiger partial charge < -0.3 is 9.84 Å². The number of methoxy groups -OCH3 is 1. The first-order valence-electron chi connectivity index (χ1n) is 9.75. The van der Waals surface area contributed by atoms with E-state index in [1.54, 1.807) is 0 Å². The van der Waals surface area contributed by atoms with Gasteiger partial charge in [0.15, 0.2) is 0 Å². The van der Waals surface area contributed by atoms with E-state index in [0.717, 1.165) is 37.7 Å². The number of fused-ring (bicyclic) bond motifs is 3. The maximum absolute atomic E-state index is 12.6. The lowest BCUT2D eigenvalue weighted by Gasteiger charge is -2.63. The van der Waals surface area contributed by atoms with Crippen LogP contribution in [0, 0.1) is 34.0 Å². The summed E-state index contributed by atoms with van der Waals surface area (Å²) in [6, 6.07) is 0. The number of hydrogen-bond acceptors (Lipinski definition) is 3. The molecule has 4 fully saturated rings. The van der Waals surface area contributed by atoms with Gasteiger partial charge in [-0.1, -0.05) is 19.9 Å². The molecule has 0 aromatic rings. The van der Waals surface area contributed by atoms with Crippen LogP contribution >= 0.6 is 0 Å². The first-order valence-corrected chi connectivity index (χ1v) is 9.75. The number of aliphatic hydroxyl groups excluding tert-OH is 1. The third-order valence-corrected chi connectivity index (χ3v) is 8.87. The molecule has 0 amide bonds. The summed E-state index contributed by atoms with van der Waals surface area (Å²) in [4.78, 5) is 12.6. The SMILES string of the molecule is C=C1[C@H]2CC[C@H]3[C@]4(C)CCC[C@@](C)(C(=O)OC)[C@H]4CC[C@]3(C2)[C@@H]1O. The molecule has 4 aliphatic carbocycles. The van der Waals surface area contributed by atoms with Crippen LogP contribution in [0.1, 0.15) is 65.2 Å². The predicted octanol–water partition coefficient (Wildman–Crippen LogP) is 4.10. The summed E-state index contributed by atoms with van der Waals surface area (Å²) in [7, 11) is 1.53. The second-order valence-corrected chi connectivity index (χ2v) is 9.60. The van der Waals surface area contributed by atoms with Crippen molar-refractivity contribution < 1.29 is 14.6 Å². The number of rotatable bonds is 1. The van der Waals surface area contributed by atoms with Gasteiger partial charge in [0.1, 0.15) is 0 Å². The van der Waals surface area contributed by atoms with E-state index in [4.69, 9.17) is 4.74 Å². The minimum atomic E-state index is -0.360. The number of esters is 1. The molecule has 0 aromatic carbocycles. The van der Waals surface area contributed by atoms with Crippen molar-refractivity contribution in [1.82, 2.24) is 0 Å². The normalized spacial score (nSPS) is 53.2. The van der Waals surface area contributed by atoms with Gasteiger partial charge in [-0.15, -0.1) is 0 Å². The molecule has 1 N–H and O–H groups in total. The van der Waals surface area contributed by atoms with Crippen LogP contribution in [0.5, 0.6) is 0 Å². The molecule has 2 bridgehead atoms. The van der Waals surface area contributed by atoms with E-state index in [-0.39, 0.29) is 28.3 Å². The molecule has 24 heavy (non-hydrogen) atoms. The van der Waals surface area contributed by atoms with Crippen LogP contribution in [0.3, 0.4) is 0 Å². The van der Waals surface area contributed by atoms with E-state index in [0.29, 0.717) is 17.8 Å². The molecule has 3 heteroatoms. The van der Waals surface area contributed by atoms with Crippen LogP contribution in [0.25, 0.3) is 0 Å². The van der Waals surface area contributed by atoms with Gasteiger partial charge in [0, 0.05) is 5.41 Å². The Hall–Kier alpha value is -0.830. The summed E-state index contributed by atoms with van der Waals surface area (Å²) in [6.45, 7) is 8.78. The highest BCUT2D eigenvalue weighted by Gasteiger charge is 2.67. The largest absolute Gasteiger partial charge is 0.469 e. The van der Waals surface area contributed by atoms with Crippen molar-refractivity contribution in [2.75, 3.05) is 7.11 Å². The molecule has 0 aromatic heterocycles. The molecule has 3 nitrogen and oxygen atoms in total. The Bertz CT molecular complexity index is 584. The molecule has 0 heterocycles. The van der Waals surface area contributed by atoms with Gasteiger partial charge in [0.2, 0.25) is 0 Å². The molecule has 0 saturated heterocycles. The van der Waals surface area contributed by atoms with E-state index in [1.807, 2.05) is 0 Å². The molecule has 0 aliphatic heterocycles. The molecule has 1 spiro atoms. The number of ether oxygens (including phenoxy) is 1. The van der Waals surface area contributed by atoms with E-state index < -0.39 is 0 Å². The molecule has 0 unspecified atom stereocenters. The van der Waals surface area contributed by atoms with E-state index in [1.165, 1.54) is 26.4 Å². The predicted molar refractivity (Wildman–Crippen MR) is 93.2 cm³/mol. The standard InChI is InChI=1S/C21H32O3/c1-13-14-6-7-16-19(2)9-5-10-20(3,18(23)24-4)15(19)8-11-21(16,12-14)17(13)22/h14-17,22H,1,5-12H2,2-4H3/t14-,15-,16-,17+,19+,20+,21+/m0/s1. The summed E-state index contributed by atoms with van der Waals surface area (Å²) in [5.41, 5.74) is 0.891. The number of hydrogen-bond donors (Lipinski definition) is 1. The van der Waals surface area contributed by atoms with Gasteiger partial charge in [-0.25, -0.2) is 0 Å². The Morgan fingerprint density at radius 2 is 1.92 bits per heavy atom. The molecule has 134 valence electrons. The fourth-order valence-electron chi connectivity index (χ4n) is 7.84. The highest BCUT2D eigenvalue weighted by molar-refractivity contribution is 5.77. The van der Waals surface area contributed by atoms with Crippen LogP contribution in [-0.4, -0.2) is 24.3 Å². The second kappa shape index (κ2) is 5.09. The smallest absolute Gasteiger partial charge is 0.311 e. The molecule has 4 rings (SSSR count). The van der Waals surface area contributed by atoms with Gasteiger partial charge in [0.05, 0.1) is 18.6 Å². The lowest BCUT2D eigenvalue weighted by molar-refractivity contribution is -0.192. The monoisotopic (exact) mass is 332 g/mol. The van der Waals surface area contributed by atoms with Crippen molar-refractivity contribution >= 4 is 5.97 Å². The Morgan fingerprint density at radius 1 is 1.17 bits per heavy atom. The molecule has 0 radical (unpaired) electrons. The van der Waals surface area contributed by atoms with Crippen molar-refractivity contribution in [2.45, 2.75) is 71.3 Å². The van der Waals surface area contributed by atoms with Gasteiger partial charge in [-0.3, -0.25) is 4.79 Å². The summed E-state index contributed by atoms with van der Waals surface area (Å²) >= 11 is 0. The molecular formula is C21H32O3. The second-order valence-electron chi connectivity index (χ2n) is 9.60. The zero-order valence-electron chi connectivity index (χ0n) is 15.4. The molecule has 4 aliphatic rings. The van der Waals surface area contributed by atoms with Crippen LogP contribution in [0.15, 0.2) is 12.2 Å². The molecule has 4 saturated carbocycles. The van der Waals surface area contributed by atoms with Crippen molar-refractivity contribution in [2.24, 2.45) is 34.0 Å². The first kappa shape index (κ1) is 16.6. The zero-order valence-corrected chi connectivity index (χ0v) is 15.4. The highest BCUT2D eigenvalue weighted by Crippen LogP contribution is 2.72. The van der Waals surface area contributed by atoms with Crippen LogP contribution < -0.4 is 0 Å². The van der Waals surface area contributed by atoms with Crippen LogP contribution in [-0.2, 0) is 9.53 Å². The summed E-state index contributed by atoms with van der Waals surface area (Å²) < 4.78 is 5.22. The lowest BCUT2D eigenvalue weighted by atomic mass is 9.40. The van der Waals surface area contributed by atoms with Crippen molar-refractivity contribution in [3.8, 4) is 0 Å². The first-order chi connectivity index (χ1) is 11.3. The number of aliphatic hydroxyl groups is 1. The topological polar surface area (TPSA) is 46.5 Å². The fraction of sp³-hybridized carbons (Fsp3) is 0.857. The summed E-state index contributed by atoms with van der Waals surface area (Å²) in [5.74, 6) is 1.38. The van der Waals surface area contributed by atoms with E-state index in [9.17, 15) is 9.90 Å². The van der Waals surface area contributed by atoms with E-state index >= 15 is 0 Å². The maximum Gasteiger partial charge on any atom is 0.311 e. The highest BCUT2D eigenvalue weighted by atomic mass is 16.5. The van der Waals surface area contributed by atoms with Crippen molar-refractivity contribution in [3.05, 3.63) is 12.2 Å². The minimum absolute atomic E-state index is 0.0274. The molecule has 7 atom stereocenters. The minimum Gasteiger partial charge on any atom is -0.469 e. The Kier molecular flexibility index (Phi) is 3.53. The van der Waals surface area contributed by atoms with Crippen molar-refractivity contribution in [3.63, 3.8) is 0 Å². The Morgan fingerprint density at radius 3 is 2.62 bits per heavy atom. The zero-order chi connectivity index (χ0) is 17.3. The van der Waals surface area contributed by atoms with Gasteiger partial charge in [-0.05, 0) is 80.6 Å². The average molecular weight is 332 g/mol. The Labute approximate surface area is 145 Å². The number of carbonyl (C=O) groups excluding carboxylic acids is 1. The third kappa shape index (κ3) is 1.80. The van der Waals surface area contributed by atoms with Gasteiger partial charge >= 0.3 is 5.97 Å².